The maximum atomic E-state index is 14.4. The van der Waals surface area contributed by atoms with Gasteiger partial charge in [-0.05, 0) is 49.8 Å². The van der Waals surface area contributed by atoms with E-state index in [9.17, 15) is 8.78 Å². The first-order valence-corrected chi connectivity index (χ1v) is 8.58. The van der Waals surface area contributed by atoms with E-state index < -0.39 is 11.6 Å². The van der Waals surface area contributed by atoms with Crippen molar-refractivity contribution in [3.05, 3.63) is 52.7 Å². The van der Waals surface area contributed by atoms with Crippen LogP contribution < -0.4 is 15.4 Å². The SMILES string of the molecule is CCOc1ccc(F)c([C@H]2C[C@H]2NC(=S)Nc2ccc(Cl)cn2)c1F. The number of pyridine rings is 1. The van der Waals surface area contributed by atoms with Crippen LogP contribution in [0.5, 0.6) is 5.75 Å². The lowest BCUT2D eigenvalue weighted by atomic mass is 10.1. The van der Waals surface area contributed by atoms with Crippen molar-refractivity contribution in [2.45, 2.75) is 25.3 Å². The zero-order chi connectivity index (χ0) is 18.0. The van der Waals surface area contributed by atoms with Gasteiger partial charge >= 0.3 is 0 Å². The number of anilines is 1. The van der Waals surface area contributed by atoms with Crippen molar-refractivity contribution in [2.75, 3.05) is 11.9 Å². The molecular formula is C17H16ClF2N3OS. The third-order valence-electron chi connectivity index (χ3n) is 3.84. The molecular weight excluding hydrogens is 368 g/mol. The topological polar surface area (TPSA) is 46.2 Å². The number of halogens is 3. The Morgan fingerprint density at radius 2 is 2.16 bits per heavy atom. The molecule has 1 heterocycles. The molecule has 0 unspecified atom stereocenters. The molecule has 1 fully saturated rings. The zero-order valence-electron chi connectivity index (χ0n) is 13.4. The Bertz CT molecular complexity index is 788. The summed E-state index contributed by atoms with van der Waals surface area (Å²) in [6.07, 6.45) is 2.08. The van der Waals surface area contributed by atoms with Crippen LogP contribution in [0.4, 0.5) is 14.6 Å². The van der Waals surface area contributed by atoms with Crippen molar-refractivity contribution in [1.82, 2.24) is 10.3 Å². The summed E-state index contributed by atoms with van der Waals surface area (Å²) in [6.45, 7) is 2.06. The highest BCUT2D eigenvalue weighted by atomic mass is 35.5. The number of benzene rings is 1. The minimum Gasteiger partial charge on any atom is -0.491 e. The molecule has 1 aliphatic rings. The summed E-state index contributed by atoms with van der Waals surface area (Å²) in [5, 5.41) is 6.81. The first-order valence-electron chi connectivity index (χ1n) is 7.79. The fraction of sp³-hybridized carbons (Fsp3) is 0.294. The third-order valence-corrected chi connectivity index (χ3v) is 4.28. The van der Waals surface area contributed by atoms with Crippen molar-refractivity contribution < 1.29 is 13.5 Å². The van der Waals surface area contributed by atoms with Gasteiger partial charge in [-0.3, -0.25) is 0 Å². The van der Waals surface area contributed by atoms with Crippen molar-refractivity contribution in [1.29, 1.82) is 0 Å². The second kappa shape index (κ2) is 7.49. The molecule has 2 aromatic rings. The molecule has 132 valence electrons. The molecule has 3 rings (SSSR count). The van der Waals surface area contributed by atoms with Crippen molar-refractivity contribution in [3.8, 4) is 5.75 Å². The number of hydrogen-bond acceptors (Lipinski definition) is 3. The van der Waals surface area contributed by atoms with Crippen LogP contribution in [0.2, 0.25) is 5.02 Å². The third kappa shape index (κ3) is 4.16. The minimum atomic E-state index is -0.644. The van der Waals surface area contributed by atoms with Crippen molar-refractivity contribution in [3.63, 3.8) is 0 Å². The second-order valence-corrected chi connectivity index (χ2v) is 6.46. The number of ether oxygens (including phenoxy) is 1. The summed E-state index contributed by atoms with van der Waals surface area (Å²) in [7, 11) is 0. The summed E-state index contributed by atoms with van der Waals surface area (Å²) >= 11 is 11.0. The summed E-state index contributed by atoms with van der Waals surface area (Å²) in [6, 6.07) is 5.76. The first kappa shape index (κ1) is 17.8. The van der Waals surface area contributed by atoms with Gasteiger partial charge in [-0.25, -0.2) is 13.8 Å². The average Bonchev–Trinajstić information content (AvgIpc) is 3.31. The van der Waals surface area contributed by atoms with E-state index in [1.54, 1.807) is 19.1 Å². The molecule has 1 saturated carbocycles. The van der Waals surface area contributed by atoms with Gasteiger partial charge in [0, 0.05) is 23.7 Å². The Balaban J connectivity index is 1.64. The quantitative estimate of drug-likeness (QED) is 0.755. The molecule has 25 heavy (non-hydrogen) atoms. The van der Waals surface area contributed by atoms with Crippen LogP contribution in [0.15, 0.2) is 30.5 Å². The second-order valence-electron chi connectivity index (χ2n) is 5.61. The van der Waals surface area contributed by atoms with E-state index in [2.05, 4.69) is 15.6 Å². The molecule has 0 saturated heterocycles. The smallest absolute Gasteiger partial charge is 0.172 e. The summed E-state index contributed by atoms with van der Waals surface area (Å²) in [5.41, 5.74) is 0.0378. The van der Waals surface area contributed by atoms with E-state index in [1.165, 1.54) is 18.3 Å². The summed E-state index contributed by atoms with van der Waals surface area (Å²) in [4.78, 5) is 4.08. The summed E-state index contributed by atoms with van der Waals surface area (Å²) in [5.74, 6) is -0.911. The Morgan fingerprint density at radius 1 is 1.36 bits per heavy atom. The monoisotopic (exact) mass is 383 g/mol. The first-order chi connectivity index (χ1) is 12.0. The van der Waals surface area contributed by atoms with Crippen LogP contribution in [0.1, 0.15) is 24.8 Å². The Hall–Kier alpha value is -1.99. The summed E-state index contributed by atoms with van der Waals surface area (Å²) < 4.78 is 33.7. The maximum absolute atomic E-state index is 14.4. The lowest BCUT2D eigenvalue weighted by molar-refractivity contribution is 0.318. The fourth-order valence-electron chi connectivity index (χ4n) is 2.60. The fourth-order valence-corrected chi connectivity index (χ4v) is 2.97. The molecule has 1 aromatic carbocycles. The number of aromatic nitrogens is 1. The number of hydrogen-bond donors (Lipinski definition) is 2. The molecule has 2 atom stereocenters. The van der Waals surface area contributed by atoms with Crippen LogP contribution in [0, 0.1) is 11.6 Å². The molecule has 1 aromatic heterocycles. The predicted octanol–water partition coefficient (Wildman–Crippen LogP) is 4.25. The minimum absolute atomic E-state index is 0.0378. The highest BCUT2D eigenvalue weighted by molar-refractivity contribution is 7.80. The molecule has 4 nitrogen and oxygen atoms in total. The zero-order valence-corrected chi connectivity index (χ0v) is 14.9. The molecule has 0 amide bonds. The molecule has 0 bridgehead atoms. The maximum Gasteiger partial charge on any atom is 0.172 e. The molecule has 0 radical (unpaired) electrons. The Morgan fingerprint density at radius 3 is 2.84 bits per heavy atom. The largest absolute Gasteiger partial charge is 0.491 e. The van der Waals surface area contributed by atoms with Crippen LogP contribution in [0.3, 0.4) is 0 Å². The molecule has 2 N–H and O–H groups in total. The van der Waals surface area contributed by atoms with Crippen LogP contribution in [-0.2, 0) is 0 Å². The van der Waals surface area contributed by atoms with Gasteiger partial charge < -0.3 is 15.4 Å². The van der Waals surface area contributed by atoms with Crippen molar-refractivity contribution >= 4 is 34.7 Å². The van der Waals surface area contributed by atoms with Gasteiger partial charge in [0.25, 0.3) is 0 Å². The van der Waals surface area contributed by atoms with Gasteiger partial charge in [0.05, 0.1) is 11.6 Å². The van der Waals surface area contributed by atoms with Crippen LogP contribution in [0.25, 0.3) is 0 Å². The Kier molecular flexibility index (Phi) is 5.34. The van der Waals surface area contributed by atoms with Gasteiger partial charge in [-0.1, -0.05) is 11.6 Å². The van der Waals surface area contributed by atoms with Gasteiger partial charge in [-0.2, -0.15) is 0 Å². The van der Waals surface area contributed by atoms with Crippen LogP contribution >= 0.6 is 23.8 Å². The van der Waals surface area contributed by atoms with Crippen molar-refractivity contribution in [2.24, 2.45) is 0 Å². The number of thiocarbonyl (C=S) groups is 1. The highest BCUT2D eigenvalue weighted by Gasteiger charge is 2.43. The van der Waals surface area contributed by atoms with Gasteiger partial charge in [-0.15, -0.1) is 0 Å². The van der Waals surface area contributed by atoms with Crippen LogP contribution in [-0.4, -0.2) is 22.7 Å². The molecule has 0 spiro atoms. The van der Waals surface area contributed by atoms with E-state index >= 15 is 0 Å². The van der Waals surface area contributed by atoms with Gasteiger partial charge in [0.15, 0.2) is 16.7 Å². The van der Waals surface area contributed by atoms with E-state index in [1.807, 2.05) is 0 Å². The lowest BCUT2D eigenvalue weighted by Crippen LogP contribution is -2.31. The van der Waals surface area contributed by atoms with E-state index in [0.717, 1.165) is 0 Å². The van der Waals surface area contributed by atoms with E-state index in [0.29, 0.717) is 29.0 Å². The lowest BCUT2D eigenvalue weighted by Gasteiger charge is -2.12. The highest BCUT2D eigenvalue weighted by Crippen LogP contribution is 2.44. The van der Waals surface area contributed by atoms with E-state index in [4.69, 9.17) is 28.6 Å². The Labute approximate surface area is 154 Å². The molecule has 1 aliphatic carbocycles. The van der Waals surface area contributed by atoms with E-state index in [-0.39, 0.29) is 23.3 Å². The number of nitrogens with one attached hydrogen (secondary N) is 2. The average molecular weight is 384 g/mol. The number of rotatable bonds is 5. The molecule has 8 heteroatoms. The van der Waals surface area contributed by atoms with Gasteiger partial charge in [0.1, 0.15) is 11.6 Å². The standard InChI is InChI=1S/C17H16ClF2N3OS/c1-2-24-13-5-4-11(19)15(16(13)20)10-7-12(10)22-17(25)23-14-6-3-9(18)8-21-14/h3-6,8,10,12H,2,7H2,1H3,(H2,21,22,23,25)/t10-,12+/m0/s1. The normalized spacial score (nSPS) is 18.6. The molecule has 0 aliphatic heterocycles. The van der Waals surface area contributed by atoms with Gasteiger partial charge in [0.2, 0.25) is 0 Å². The predicted molar refractivity (Wildman–Crippen MR) is 97.3 cm³/mol. The number of nitrogens with zero attached hydrogens (tertiary/aromatic N) is 1.